The topological polar surface area (TPSA) is 12.5 Å². The molecule has 0 saturated carbocycles. The molecule has 0 aromatic carbocycles. The van der Waals surface area contributed by atoms with Crippen LogP contribution in [0.3, 0.4) is 0 Å². The Kier molecular flexibility index (Phi) is 18.2. The Balaban J connectivity index is 0. The third-order valence-electron chi connectivity index (χ3n) is 2.70. The van der Waals surface area contributed by atoms with Crippen LogP contribution in [0, 0.1) is 13.0 Å². The molecule has 0 bridgehead atoms. The SMILES string of the molecule is CC.[CH2-]N1CCC(COCCCC)CC1.[K+]. The number of hydrogen-bond donors (Lipinski definition) is 0. The van der Waals surface area contributed by atoms with Gasteiger partial charge in [0.1, 0.15) is 0 Å². The summed E-state index contributed by atoms with van der Waals surface area (Å²) >= 11 is 0. The second kappa shape index (κ2) is 14.6. The van der Waals surface area contributed by atoms with Crippen molar-refractivity contribution in [1.29, 1.82) is 0 Å². The molecule has 0 radical (unpaired) electrons. The van der Waals surface area contributed by atoms with Crippen LogP contribution in [0.1, 0.15) is 46.5 Å². The number of hydrogen-bond acceptors (Lipinski definition) is 2. The zero-order chi connectivity index (χ0) is 11.5. The molecule has 16 heavy (non-hydrogen) atoms. The number of nitrogens with zero attached hydrogens (tertiary/aromatic N) is 1. The van der Waals surface area contributed by atoms with Crippen LogP contribution in [-0.4, -0.2) is 31.2 Å². The van der Waals surface area contributed by atoms with E-state index in [1.165, 1.54) is 25.7 Å². The molecule has 0 N–H and O–H groups in total. The van der Waals surface area contributed by atoms with Crippen LogP contribution in [0.25, 0.3) is 0 Å². The van der Waals surface area contributed by atoms with Gasteiger partial charge in [-0.1, -0.05) is 27.2 Å². The summed E-state index contributed by atoms with van der Waals surface area (Å²) in [6.07, 6.45) is 4.96. The van der Waals surface area contributed by atoms with Crippen molar-refractivity contribution < 1.29 is 56.1 Å². The minimum absolute atomic E-state index is 0. The molecule has 2 nitrogen and oxygen atoms in total. The summed E-state index contributed by atoms with van der Waals surface area (Å²) in [5, 5.41) is 0. The fourth-order valence-corrected chi connectivity index (χ4v) is 1.65. The summed E-state index contributed by atoms with van der Waals surface area (Å²) in [4.78, 5) is 2.16. The molecule has 1 aliphatic rings. The predicted octanol–water partition coefficient (Wildman–Crippen LogP) is 0.337. The molecular formula is C13H28KNO. The standard InChI is InChI=1S/C11H22NO.C2H6.K/c1-3-4-9-13-10-11-5-7-12(2)8-6-11;1-2;/h11H,2-10H2,1H3;1-2H3;/q-1;;+1. The third kappa shape index (κ3) is 10.7. The fourth-order valence-electron chi connectivity index (χ4n) is 1.65. The molecule has 0 amide bonds. The van der Waals surface area contributed by atoms with Crippen molar-refractivity contribution >= 4 is 0 Å². The van der Waals surface area contributed by atoms with E-state index in [0.29, 0.717) is 0 Å². The maximum absolute atomic E-state index is 5.61. The monoisotopic (exact) mass is 253 g/mol. The molecule has 0 aliphatic carbocycles. The molecule has 3 heteroatoms. The van der Waals surface area contributed by atoms with Gasteiger partial charge < -0.3 is 9.64 Å². The molecule has 1 rings (SSSR count). The Morgan fingerprint density at radius 3 is 2.31 bits per heavy atom. The summed E-state index contributed by atoms with van der Waals surface area (Å²) in [5.74, 6) is 0.787. The van der Waals surface area contributed by atoms with Crippen LogP contribution >= 0.6 is 0 Å². The van der Waals surface area contributed by atoms with E-state index in [0.717, 1.165) is 32.2 Å². The Morgan fingerprint density at radius 1 is 1.25 bits per heavy atom. The first-order chi connectivity index (χ1) is 7.33. The summed E-state index contributed by atoms with van der Waals surface area (Å²) in [5.41, 5.74) is 0. The van der Waals surface area contributed by atoms with Gasteiger partial charge in [0.25, 0.3) is 0 Å². The molecule has 92 valence electrons. The van der Waals surface area contributed by atoms with Crippen LogP contribution in [0.15, 0.2) is 0 Å². The summed E-state index contributed by atoms with van der Waals surface area (Å²) in [7, 11) is 3.93. The zero-order valence-corrected chi connectivity index (χ0v) is 14.9. The van der Waals surface area contributed by atoms with Gasteiger partial charge in [0.2, 0.25) is 0 Å². The van der Waals surface area contributed by atoms with E-state index in [1.54, 1.807) is 0 Å². The van der Waals surface area contributed by atoms with E-state index in [4.69, 9.17) is 4.74 Å². The van der Waals surface area contributed by atoms with Gasteiger partial charge in [-0.05, 0) is 38.3 Å². The molecule has 0 aromatic rings. The summed E-state index contributed by atoms with van der Waals surface area (Å²) in [6.45, 7) is 10.4. The van der Waals surface area contributed by atoms with Crippen molar-refractivity contribution in [2.75, 3.05) is 26.3 Å². The second-order valence-electron chi connectivity index (χ2n) is 3.99. The third-order valence-corrected chi connectivity index (χ3v) is 2.70. The van der Waals surface area contributed by atoms with Gasteiger partial charge in [0.05, 0.1) is 0 Å². The minimum atomic E-state index is 0. The Morgan fingerprint density at radius 2 is 1.81 bits per heavy atom. The van der Waals surface area contributed by atoms with Crippen LogP contribution in [0.4, 0.5) is 0 Å². The van der Waals surface area contributed by atoms with Gasteiger partial charge in [-0.3, -0.25) is 7.05 Å². The normalized spacial score (nSPS) is 17.2. The maximum Gasteiger partial charge on any atom is 1.00 e. The first-order valence-corrected chi connectivity index (χ1v) is 6.46. The molecular weight excluding hydrogens is 225 g/mol. The number of ether oxygens (including phenoxy) is 1. The summed E-state index contributed by atoms with van der Waals surface area (Å²) in [6, 6.07) is 0. The van der Waals surface area contributed by atoms with E-state index in [-0.39, 0.29) is 51.4 Å². The average molecular weight is 253 g/mol. The first-order valence-electron chi connectivity index (χ1n) is 6.46. The van der Waals surface area contributed by atoms with E-state index >= 15 is 0 Å². The molecule has 1 aliphatic heterocycles. The van der Waals surface area contributed by atoms with Crippen LogP contribution in [0.5, 0.6) is 0 Å². The molecule has 1 fully saturated rings. The fraction of sp³-hybridized carbons (Fsp3) is 0.923. The largest absolute Gasteiger partial charge is 1.00 e. The Labute approximate surface area is 145 Å². The molecule has 1 saturated heterocycles. The van der Waals surface area contributed by atoms with E-state index in [9.17, 15) is 0 Å². The van der Waals surface area contributed by atoms with Crippen molar-refractivity contribution in [3.8, 4) is 0 Å². The number of likely N-dealkylation sites (tertiary alicyclic amines) is 1. The minimum Gasteiger partial charge on any atom is -0.459 e. The molecule has 0 atom stereocenters. The van der Waals surface area contributed by atoms with Gasteiger partial charge in [0, 0.05) is 13.2 Å². The summed E-state index contributed by atoms with van der Waals surface area (Å²) < 4.78 is 5.61. The van der Waals surface area contributed by atoms with Crippen LogP contribution < -0.4 is 51.4 Å². The van der Waals surface area contributed by atoms with E-state index in [1.807, 2.05) is 13.8 Å². The first kappa shape index (κ1) is 19.9. The van der Waals surface area contributed by atoms with Gasteiger partial charge in [0.15, 0.2) is 0 Å². The van der Waals surface area contributed by atoms with Crippen molar-refractivity contribution in [3.63, 3.8) is 0 Å². The second-order valence-corrected chi connectivity index (χ2v) is 3.99. The average Bonchev–Trinajstić information content (AvgIpc) is 2.30. The van der Waals surface area contributed by atoms with Gasteiger partial charge in [-0.15, -0.1) is 0 Å². The number of piperidine rings is 1. The Bertz CT molecular complexity index is 125. The molecule has 0 aromatic heterocycles. The number of rotatable bonds is 5. The van der Waals surface area contributed by atoms with Gasteiger partial charge >= 0.3 is 51.4 Å². The smallest absolute Gasteiger partial charge is 0.459 e. The number of unbranched alkanes of at least 4 members (excludes halogenated alkanes) is 1. The quantitative estimate of drug-likeness (QED) is 0.398. The van der Waals surface area contributed by atoms with Crippen molar-refractivity contribution in [2.45, 2.75) is 46.5 Å². The van der Waals surface area contributed by atoms with Crippen LogP contribution in [0.2, 0.25) is 0 Å². The van der Waals surface area contributed by atoms with Crippen molar-refractivity contribution in [2.24, 2.45) is 5.92 Å². The van der Waals surface area contributed by atoms with Crippen molar-refractivity contribution in [3.05, 3.63) is 7.05 Å². The van der Waals surface area contributed by atoms with E-state index < -0.39 is 0 Å². The van der Waals surface area contributed by atoms with Crippen LogP contribution in [-0.2, 0) is 4.74 Å². The van der Waals surface area contributed by atoms with Gasteiger partial charge in [-0.2, -0.15) is 0 Å². The molecule has 0 spiro atoms. The van der Waals surface area contributed by atoms with Gasteiger partial charge in [-0.25, -0.2) is 0 Å². The Hall–Kier alpha value is 1.56. The predicted molar refractivity (Wildman–Crippen MR) is 66.7 cm³/mol. The molecule has 0 unspecified atom stereocenters. The molecule has 1 heterocycles. The maximum atomic E-state index is 5.61. The van der Waals surface area contributed by atoms with E-state index in [2.05, 4.69) is 18.9 Å². The zero-order valence-electron chi connectivity index (χ0n) is 11.8. The van der Waals surface area contributed by atoms with Crippen molar-refractivity contribution in [1.82, 2.24) is 4.90 Å².